The van der Waals surface area contributed by atoms with Gasteiger partial charge in [-0.3, -0.25) is 81.5 Å². The summed E-state index contributed by atoms with van der Waals surface area (Å²) in [5.41, 5.74) is 17.2. The van der Waals surface area contributed by atoms with E-state index >= 15 is 0 Å². The van der Waals surface area contributed by atoms with Gasteiger partial charge in [-0.2, -0.15) is 12.6 Å². The van der Waals surface area contributed by atoms with Gasteiger partial charge in [0.05, 0.1) is 12.5 Å². The number of carbonyl (C=O) groups excluding carboxylic acids is 12. The number of aromatic hydroxyl groups is 1. The summed E-state index contributed by atoms with van der Waals surface area (Å²) < 4.78 is 0. The Hall–Kier alpha value is -10.3. The summed E-state index contributed by atoms with van der Waals surface area (Å²) in [7, 11) is 0. The summed E-state index contributed by atoms with van der Waals surface area (Å²) in [6, 6.07) is -15.6. The maximum Gasteiger partial charge on any atom is 0.326 e. The van der Waals surface area contributed by atoms with Gasteiger partial charge < -0.3 is 117 Å². The molecule has 0 unspecified atom stereocenters. The number of primary amides is 1. The molecular weight excluding hydrogens is 1390 g/mol. The van der Waals surface area contributed by atoms with Crippen LogP contribution in [0.3, 0.4) is 0 Å². The fraction of sp³-hybridized carbons (Fsp3) is 0.613. The van der Waals surface area contributed by atoms with Crippen LogP contribution in [0, 0.1) is 11.8 Å². The molecule has 0 heterocycles. The van der Waals surface area contributed by atoms with Crippen molar-refractivity contribution in [2.75, 3.05) is 12.3 Å². The number of amides is 12. The van der Waals surface area contributed by atoms with E-state index in [1.165, 1.54) is 45.0 Å². The van der Waals surface area contributed by atoms with E-state index in [1.807, 2.05) is 5.32 Å². The lowest BCUT2D eigenvalue weighted by atomic mass is 9.96. The van der Waals surface area contributed by atoms with Crippen LogP contribution in [0.4, 0.5) is 0 Å². The number of aliphatic hydroxyl groups is 1. The van der Waals surface area contributed by atoms with Gasteiger partial charge in [0.25, 0.3) is 0 Å². The molecule has 0 bridgehead atoms. The third-order valence-electron chi connectivity index (χ3n) is 15.7. The topological polar surface area (TPSA) is 679 Å². The lowest BCUT2D eigenvalue weighted by Gasteiger charge is -2.30. The van der Waals surface area contributed by atoms with Gasteiger partial charge >= 0.3 is 35.8 Å². The number of hydrogen-bond donors (Lipinski definition) is 23. The van der Waals surface area contributed by atoms with Crippen LogP contribution in [0.5, 0.6) is 5.75 Å². The molecular formula is C62H96N14O26S. The first-order valence-corrected chi connectivity index (χ1v) is 33.3. The van der Waals surface area contributed by atoms with E-state index in [0.717, 1.165) is 0 Å². The van der Waals surface area contributed by atoms with Gasteiger partial charge in [0.2, 0.25) is 70.9 Å². The van der Waals surface area contributed by atoms with Gasteiger partial charge in [-0.15, -0.1) is 0 Å². The first kappa shape index (κ1) is 90.7. The molecule has 0 aliphatic heterocycles. The number of carbonyl (C=O) groups is 18. The van der Waals surface area contributed by atoms with Crippen molar-refractivity contribution in [1.29, 1.82) is 0 Å². The van der Waals surface area contributed by atoms with Crippen molar-refractivity contribution in [3.05, 3.63) is 29.8 Å². The highest BCUT2D eigenvalue weighted by molar-refractivity contribution is 7.80. The average Bonchev–Trinajstić information content (AvgIpc) is 0.857. The fourth-order valence-electron chi connectivity index (χ4n) is 9.50. The minimum Gasteiger partial charge on any atom is -0.508 e. The van der Waals surface area contributed by atoms with Crippen molar-refractivity contribution in [3.8, 4) is 5.75 Å². The Morgan fingerprint density at radius 1 is 0.417 bits per heavy atom. The smallest absolute Gasteiger partial charge is 0.326 e. The number of carboxylic acid groups (broad SMARTS) is 6. The molecule has 0 spiro atoms. The van der Waals surface area contributed by atoms with Crippen LogP contribution in [0.2, 0.25) is 0 Å². The number of nitrogens with one attached hydrogen (secondary N) is 11. The molecule has 0 aliphatic rings. The van der Waals surface area contributed by atoms with Gasteiger partial charge in [0, 0.05) is 44.3 Å². The number of rotatable bonds is 51. The van der Waals surface area contributed by atoms with E-state index < -0.39 is 274 Å². The molecule has 1 aromatic rings. The summed E-state index contributed by atoms with van der Waals surface area (Å²) in [6.07, 6.45) is -10.1. The summed E-state index contributed by atoms with van der Waals surface area (Å²) in [6.45, 7) is 7.25. The molecule has 576 valence electrons. The largest absolute Gasteiger partial charge is 0.508 e. The molecule has 1 rings (SSSR count). The molecule has 0 saturated heterocycles. The molecule has 12 amide bonds. The maximum absolute atomic E-state index is 14.2. The molecule has 25 N–H and O–H groups in total. The van der Waals surface area contributed by atoms with Crippen LogP contribution in [-0.2, 0) is 92.7 Å². The third kappa shape index (κ3) is 34.8. The second-order valence-corrected chi connectivity index (χ2v) is 24.8. The van der Waals surface area contributed by atoms with Crippen LogP contribution >= 0.6 is 12.6 Å². The number of phenols is 1. The van der Waals surface area contributed by atoms with E-state index in [2.05, 4.69) is 65.8 Å². The minimum atomic E-state index is -2.24. The van der Waals surface area contributed by atoms with Gasteiger partial charge in [-0.05, 0) is 94.4 Å². The van der Waals surface area contributed by atoms with Crippen molar-refractivity contribution < 1.29 is 127 Å². The maximum atomic E-state index is 14.2. The normalized spacial score (nSPS) is 15.1. The lowest BCUT2D eigenvalue weighted by molar-refractivity contribution is -0.144. The van der Waals surface area contributed by atoms with Crippen molar-refractivity contribution in [1.82, 2.24) is 58.5 Å². The van der Waals surface area contributed by atoms with E-state index in [-0.39, 0.29) is 44.4 Å². The Bertz CT molecular complexity index is 3160. The fourth-order valence-corrected chi connectivity index (χ4v) is 9.75. The molecule has 14 atom stereocenters. The Morgan fingerprint density at radius 3 is 1.15 bits per heavy atom. The molecule has 0 aliphatic carbocycles. The summed E-state index contributed by atoms with van der Waals surface area (Å²) >= 11 is 4.19. The van der Waals surface area contributed by atoms with Crippen LogP contribution in [0.15, 0.2) is 24.3 Å². The number of thiol groups is 1. The molecule has 103 heavy (non-hydrogen) atoms. The molecule has 0 saturated carbocycles. The van der Waals surface area contributed by atoms with E-state index in [1.54, 1.807) is 13.8 Å². The Kier molecular flexibility index (Phi) is 40.8. The Labute approximate surface area is 595 Å². The van der Waals surface area contributed by atoms with Crippen molar-refractivity contribution in [2.45, 2.75) is 216 Å². The van der Waals surface area contributed by atoms with Crippen molar-refractivity contribution >= 4 is 119 Å². The summed E-state index contributed by atoms with van der Waals surface area (Å²) in [4.78, 5) is 236. The molecule has 41 heteroatoms. The number of aliphatic hydroxyl groups excluding tert-OH is 1. The van der Waals surface area contributed by atoms with Crippen LogP contribution < -0.4 is 75.7 Å². The minimum absolute atomic E-state index is 0.0433. The van der Waals surface area contributed by atoms with Crippen LogP contribution in [-0.4, -0.2) is 238 Å². The Balaban J connectivity index is 3.65. The zero-order valence-corrected chi connectivity index (χ0v) is 58.2. The number of phenolic OH excluding ortho intramolecular Hbond substituents is 1. The van der Waals surface area contributed by atoms with Gasteiger partial charge in [-0.25, -0.2) is 4.79 Å². The molecule has 40 nitrogen and oxygen atoms in total. The van der Waals surface area contributed by atoms with Crippen LogP contribution in [0.1, 0.15) is 136 Å². The number of carboxylic acids is 6. The molecule has 0 fully saturated rings. The van der Waals surface area contributed by atoms with Gasteiger partial charge in [-0.1, -0.05) is 46.2 Å². The lowest BCUT2D eigenvalue weighted by Crippen LogP contribution is -2.62. The molecule has 1 aromatic carbocycles. The predicted octanol–water partition coefficient (Wildman–Crippen LogP) is -5.98. The second kappa shape index (κ2) is 46.3. The highest BCUT2D eigenvalue weighted by Crippen LogP contribution is 2.16. The molecule has 0 aromatic heterocycles. The number of hydrogen-bond acceptors (Lipinski definition) is 23. The molecule has 0 radical (unpaired) electrons. The summed E-state index contributed by atoms with van der Waals surface area (Å²) in [5.74, 6) is -25.9. The van der Waals surface area contributed by atoms with Gasteiger partial charge in [0.15, 0.2) is 0 Å². The quantitative estimate of drug-likeness (QED) is 0.0213. The standard InChI is InChI=1S/C62H96N14O26S/c1-6-29(4)50(76-57(96)39(73-59(98)48(65)30(5)77)25-31-10-12-32(78)13-11-31)61(100)74-41(27-103)58(97)69-37(17-22-45(84)85)55(94)75-49(28(2)3)60(99)70-36(16-21-44(82)83)54(93)72-40(26-47(88)89)56(95)68-34(14-19-42(64)79)52(91)66-33(9-7-8-24-63)51(90)67-35(15-20-43(80)81)53(92)71-38(62(101)102)18-23-46(86)87/h10-13,28-30,33-41,48-50,77-78,103H,6-9,14-27,63,65H2,1-5H3,(H2,64,79)(H,66,91)(H,67,90)(H,68,95)(H,69,97)(H,70,99)(H,71,92)(H,72,93)(H,73,98)(H,74,100)(H,75,94)(H,76,96)(H,80,81)(H,82,83)(H,84,85)(H,86,87)(H,88,89)(H,101,102)/t29-,30+,33-,34-,35-,36-,37-,38-,39-,40-,41-,48-,49-,50-/m0/s1. The third-order valence-corrected chi connectivity index (χ3v) is 16.1. The number of unbranched alkanes of at least 4 members (excludes halogenated alkanes) is 1. The van der Waals surface area contributed by atoms with E-state index in [9.17, 15) is 122 Å². The first-order valence-electron chi connectivity index (χ1n) is 32.6. The highest BCUT2D eigenvalue weighted by atomic mass is 32.1. The number of nitrogens with two attached hydrogens (primary N) is 3. The second-order valence-electron chi connectivity index (χ2n) is 24.4. The number of aliphatic carboxylic acids is 6. The zero-order chi connectivity index (χ0) is 78.5. The van der Waals surface area contributed by atoms with Crippen molar-refractivity contribution in [2.24, 2.45) is 29.0 Å². The monoisotopic (exact) mass is 1480 g/mol. The van der Waals surface area contributed by atoms with E-state index in [0.29, 0.717) is 5.56 Å². The predicted molar refractivity (Wildman–Crippen MR) is 360 cm³/mol. The average molecular weight is 1490 g/mol. The zero-order valence-electron chi connectivity index (χ0n) is 57.3. The summed E-state index contributed by atoms with van der Waals surface area (Å²) in [5, 5.41) is 102. The SMILES string of the molecule is CC[C@H](C)[C@H](NC(=O)[C@H](Cc1ccc(O)cc1)NC(=O)[C@@H](N)[C@@H](C)O)C(=O)N[C@@H](CS)C(=O)N[C@@H](CCC(=O)O)C(=O)N[C@H](C(=O)N[C@@H](CCC(=O)O)C(=O)N[C@@H](CC(=O)O)C(=O)N[C@@H](CCC(N)=O)C(=O)N[C@@H](CCCCN)C(=O)N[C@@H](CCC(=O)O)C(=O)N[C@@H](CCC(=O)O)C(=O)O)C(C)C. The highest BCUT2D eigenvalue weighted by Gasteiger charge is 2.39. The van der Waals surface area contributed by atoms with Crippen molar-refractivity contribution in [3.63, 3.8) is 0 Å². The van der Waals surface area contributed by atoms with E-state index in [4.69, 9.17) is 22.3 Å². The Morgan fingerprint density at radius 2 is 0.757 bits per heavy atom. The van der Waals surface area contributed by atoms with Gasteiger partial charge in [0.1, 0.15) is 78.3 Å². The van der Waals surface area contributed by atoms with Crippen LogP contribution in [0.25, 0.3) is 0 Å². The first-order chi connectivity index (χ1) is 48.2. The number of benzene rings is 1.